The lowest BCUT2D eigenvalue weighted by atomic mass is 10.00. The number of rotatable bonds is 3. The average molecular weight is 275 g/mol. The molecule has 2 heteroatoms. The lowest BCUT2D eigenvalue weighted by Crippen LogP contribution is -2.11. The molecule has 0 spiro atoms. The first-order valence-corrected chi connectivity index (χ1v) is 7.67. The van der Waals surface area contributed by atoms with E-state index < -0.39 is 0 Å². The van der Waals surface area contributed by atoms with Gasteiger partial charge in [0.2, 0.25) is 0 Å². The SMILES string of the molecule is CCC.Cc1cc(C2CC2C)ccc1/C(O)=C\C(C)N. The van der Waals surface area contributed by atoms with Gasteiger partial charge in [-0.05, 0) is 49.3 Å². The Balaban J connectivity index is 0.000000612. The van der Waals surface area contributed by atoms with Crippen LogP contribution in [0.5, 0.6) is 0 Å². The number of hydrogen-bond acceptors (Lipinski definition) is 2. The zero-order valence-corrected chi connectivity index (χ0v) is 13.5. The summed E-state index contributed by atoms with van der Waals surface area (Å²) in [6, 6.07) is 6.19. The molecule has 2 rings (SSSR count). The monoisotopic (exact) mass is 275 g/mol. The zero-order valence-electron chi connectivity index (χ0n) is 13.5. The Morgan fingerprint density at radius 2 is 2.00 bits per heavy atom. The summed E-state index contributed by atoms with van der Waals surface area (Å²) in [6.45, 7) is 10.4. The molecule has 0 aliphatic heterocycles. The summed E-state index contributed by atoms with van der Waals surface area (Å²) in [4.78, 5) is 0. The van der Waals surface area contributed by atoms with Gasteiger partial charge >= 0.3 is 0 Å². The number of benzene rings is 1. The van der Waals surface area contributed by atoms with Crippen LogP contribution in [0.1, 0.15) is 63.1 Å². The molecule has 1 aromatic carbocycles. The van der Waals surface area contributed by atoms with Crippen LogP contribution >= 0.6 is 0 Å². The second-order valence-electron chi connectivity index (χ2n) is 6.01. The van der Waals surface area contributed by atoms with Crippen molar-refractivity contribution in [1.82, 2.24) is 0 Å². The Hall–Kier alpha value is -1.28. The van der Waals surface area contributed by atoms with E-state index in [0.29, 0.717) is 0 Å². The fraction of sp³-hybridized carbons (Fsp3) is 0.556. The van der Waals surface area contributed by atoms with E-state index in [0.717, 1.165) is 23.0 Å². The number of aliphatic hydroxyl groups excluding tert-OH is 1. The van der Waals surface area contributed by atoms with Gasteiger partial charge in [0.25, 0.3) is 0 Å². The molecule has 20 heavy (non-hydrogen) atoms. The second-order valence-corrected chi connectivity index (χ2v) is 6.01. The van der Waals surface area contributed by atoms with Crippen molar-refractivity contribution in [3.05, 3.63) is 41.0 Å². The fourth-order valence-corrected chi connectivity index (χ4v) is 2.33. The topological polar surface area (TPSA) is 46.2 Å². The van der Waals surface area contributed by atoms with E-state index >= 15 is 0 Å². The molecular formula is C18H29NO. The van der Waals surface area contributed by atoms with Crippen LogP contribution in [0.2, 0.25) is 0 Å². The predicted octanol–water partition coefficient (Wildman–Crippen LogP) is 4.78. The molecule has 2 nitrogen and oxygen atoms in total. The summed E-state index contributed by atoms with van der Waals surface area (Å²) in [5, 5.41) is 9.95. The first-order chi connectivity index (χ1) is 9.40. The minimum atomic E-state index is -0.127. The van der Waals surface area contributed by atoms with Crippen LogP contribution in [0.4, 0.5) is 0 Å². The van der Waals surface area contributed by atoms with Gasteiger partial charge in [0, 0.05) is 11.6 Å². The molecule has 1 fully saturated rings. The maximum atomic E-state index is 9.95. The van der Waals surface area contributed by atoms with E-state index in [9.17, 15) is 5.11 Å². The second kappa shape index (κ2) is 7.49. The molecule has 1 aliphatic rings. The van der Waals surface area contributed by atoms with Gasteiger partial charge in [0.05, 0.1) is 0 Å². The molecule has 0 amide bonds. The Bertz CT molecular complexity index is 462. The van der Waals surface area contributed by atoms with Gasteiger partial charge < -0.3 is 10.8 Å². The summed E-state index contributed by atoms with van der Waals surface area (Å²) in [5.74, 6) is 1.82. The van der Waals surface area contributed by atoms with Crippen LogP contribution < -0.4 is 5.73 Å². The highest BCUT2D eigenvalue weighted by atomic mass is 16.3. The van der Waals surface area contributed by atoms with Crippen LogP contribution in [0, 0.1) is 12.8 Å². The van der Waals surface area contributed by atoms with E-state index in [1.165, 1.54) is 18.4 Å². The minimum absolute atomic E-state index is 0.127. The number of aliphatic hydroxyl groups is 1. The molecular weight excluding hydrogens is 246 g/mol. The summed E-state index contributed by atoms with van der Waals surface area (Å²) in [5.41, 5.74) is 9.06. The lowest BCUT2D eigenvalue weighted by Gasteiger charge is -2.09. The van der Waals surface area contributed by atoms with Crippen LogP contribution in [0.25, 0.3) is 5.76 Å². The summed E-state index contributed by atoms with van der Waals surface area (Å²) in [6.07, 6.45) is 4.22. The molecule has 0 aromatic heterocycles. The lowest BCUT2D eigenvalue weighted by molar-refractivity contribution is 0.507. The highest BCUT2D eigenvalue weighted by molar-refractivity contribution is 5.62. The van der Waals surface area contributed by atoms with Crippen molar-refractivity contribution in [2.45, 2.75) is 59.4 Å². The maximum absolute atomic E-state index is 9.95. The van der Waals surface area contributed by atoms with Crippen molar-refractivity contribution < 1.29 is 5.11 Å². The van der Waals surface area contributed by atoms with Crippen LogP contribution in [-0.4, -0.2) is 11.1 Å². The van der Waals surface area contributed by atoms with Crippen LogP contribution in [0.3, 0.4) is 0 Å². The molecule has 0 bridgehead atoms. The van der Waals surface area contributed by atoms with E-state index in [1.54, 1.807) is 6.08 Å². The van der Waals surface area contributed by atoms with Crippen molar-refractivity contribution in [1.29, 1.82) is 0 Å². The molecule has 3 N–H and O–H groups in total. The van der Waals surface area contributed by atoms with Gasteiger partial charge in [0.1, 0.15) is 5.76 Å². The maximum Gasteiger partial charge on any atom is 0.120 e. The number of aryl methyl sites for hydroxylation is 1. The van der Waals surface area contributed by atoms with Gasteiger partial charge in [-0.2, -0.15) is 0 Å². The number of nitrogens with two attached hydrogens (primary N) is 1. The third kappa shape index (κ3) is 4.68. The molecule has 1 aliphatic carbocycles. The van der Waals surface area contributed by atoms with Crippen molar-refractivity contribution >= 4 is 5.76 Å². The van der Waals surface area contributed by atoms with E-state index in [2.05, 4.69) is 32.9 Å². The van der Waals surface area contributed by atoms with E-state index in [4.69, 9.17) is 5.73 Å². The van der Waals surface area contributed by atoms with Crippen molar-refractivity contribution in [3.63, 3.8) is 0 Å². The quantitative estimate of drug-likeness (QED) is 0.780. The molecule has 3 atom stereocenters. The molecule has 0 saturated heterocycles. The van der Waals surface area contributed by atoms with Gasteiger partial charge in [-0.3, -0.25) is 0 Å². The third-order valence-electron chi connectivity index (χ3n) is 3.48. The molecule has 3 unspecified atom stereocenters. The zero-order chi connectivity index (χ0) is 15.3. The number of hydrogen-bond donors (Lipinski definition) is 2. The van der Waals surface area contributed by atoms with Gasteiger partial charge in [-0.25, -0.2) is 0 Å². The van der Waals surface area contributed by atoms with Crippen LogP contribution in [0.15, 0.2) is 24.3 Å². The highest BCUT2D eigenvalue weighted by Crippen LogP contribution is 2.47. The van der Waals surface area contributed by atoms with Gasteiger partial charge in [-0.15, -0.1) is 0 Å². The van der Waals surface area contributed by atoms with Gasteiger partial charge in [-0.1, -0.05) is 45.4 Å². The Kier molecular flexibility index (Phi) is 6.28. The fourth-order valence-electron chi connectivity index (χ4n) is 2.33. The molecule has 1 aromatic rings. The molecule has 0 heterocycles. The van der Waals surface area contributed by atoms with Gasteiger partial charge in [0.15, 0.2) is 0 Å². The molecule has 0 radical (unpaired) electrons. The third-order valence-corrected chi connectivity index (χ3v) is 3.48. The molecule has 112 valence electrons. The summed E-state index contributed by atoms with van der Waals surface area (Å²) >= 11 is 0. The minimum Gasteiger partial charge on any atom is -0.508 e. The largest absolute Gasteiger partial charge is 0.508 e. The smallest absolute Gasteiger partial charge is 0.120 e. The Labute approximate surface area is 123 Å². The predicted molar refractivity (Wildman–Crippen MR) is 87.9 cm³/mol. The molecule has 1 saturated carbocycles. The van der Waals surface area contributed by atoms with E-state index in [1.807, 2.05) is 19.9 Å². The normalized spacial score (nSPS) is 22.8. The van der Waals surface area contributed by atoms with Crippen molar-refractivity contribution in [2.24, 2.45) is 11.7 Å². The summed E-state index contributed by atoms with van der Waals surface area (Å²) in [7, 11) is 0. The first kappa shape index (κ1) is 16.8. The average Bonchev–Trinajstić information content (AvgIpc) is 3.06. The van der Waals surface area contributed by atoms with E-state index in [-0.39, 0.29) is 11.8 Å². The van der Waals surface area contributed by atoms with Crippen molar-refractivity contribution in [2.75, 3.05) is 0 Å². The standard InChI is InChI=1S/C15H21NO.C3H8/c1-9-6-12(14-7-10(14)2)4-5-13(9)15(17)8-11(3)16;1-3-2/h4-6,8,10-11,14,17H,7,16H2,1-3H3;3H2,1-2H3/b15-8+;. The first-order valence-electron chi connectivity index (χ1n) is 7.67. The van der Waals surface area contributed by atoms with Crippen LogP contribution in [-0.2, 0) is 0 Å². The summed E-state index contributed by atoms with van der Waals surface area (Å²) < 4.78 is 0. The highest BCUT2D eigenvalue weighted by Gasteiger charge is 2.33. The Morgan fingerprint density at radius 1 is 1.45 bits per heavy atom. The van der Waals surface area contributed by atoms with Crippen molar-refractivity contribution in [3.8, 4) is 0 Å². The Morgan fingerprint density at radius 3 is 2.40 bits per heavy atom.